The highest BCUT2D eigenvalue weighted by Gasteiger charge is 2.29. The summed E-state index contributed by atoms with van der Waals surface area (Å²) >= 11 is 0. The molecular weight excluding hydrogens is 154 g/mol. The number of carboxylic acid groups (broad SMARTS) is 1. The first kappa shape index (κ1) is 9.10. The molecule has 0 aromatic carbocycles. The third kappa shape index (κ3) is 2.57. The predicted molar refractivity (Wildman–Crippen MR) is 46.7 cm³/mol. The number of carboxylic acids is 1. The summed E-state index contributed by atoms with van der Waals surface area (Å²) in [6.45, 7) is 2.13. The van der Waals surface area contributed by atoms with Crippen molar-refractivity contribution in [3.63, 3.8) is 0 Å². The Morgan fingerprint density at radius 3 is 2.67 bits per heavy atom. The van der Waals surface area contributed by atoms with Crippen LogP contribution in [-0.2, 0) is 4.79 Å². The van der Waals surface area contributed by atoms with E-state index < -0.39 is 5.97 Å². The van der Waals surface area contributed by atoms with Gasteiger partial charge in [0.15, 0.2) is 0 Å². The fourth-order valence-electron chi connectivity index (χ4n) is 1.23. The molecule has 0 amide bonds. The fourth-order valence-corrected chi connectivity index (χ4v) is 1.23. The Balaban J connectivity index is 2.35. The Morgan fingerprint density at radius 2 is 2.25 bits per heavy atom. The van der Waals surface area contributed by atoms with E-state index in [1.807, 2.05) is 11.9 Å². The monoisotopic (exact) mass is 169 g/mol. The summed E-state index contributed by atoms with van der Waals surface area (Å²) in [6.07, 6.45) is 5.38. The second kappa shape index (κ2) is 3.61. The normalized spacial score (nSPS) is 19.5. The van der Waals surface area contributed by atoms with E-state index in [4.69, 9.17) is 5.11 Å². The van der Waals surface area contributed by atoms with Crippen LogP contribution in [0.1, 0.15) is 19.8 Å². The summed E-state index contributed by atoms with van der Waals surface area (Å²) in [5.41, 5.74) is 0. The fraction of sp³-hybridized carbons (Fsp3) is 0.667. The van der Waals surface area contributed by atoms with E-state index in [1.54, 1.807) is 6.20 Å². The Bertz CT molecular complexity index is 197. The topological polar surface area (TPSA) is 40.5 Å². The molecule has 1 rings (SSSR count). The predicted octanol–water partition coefficient (Wildman–Crippen LogP) is 1.31. The van der Waals surface area contributed by atoms with Gasteiger partial charge in [-0.15, -0.1) is 0 Å². The molecule has 0 aliphatic heterocycles. The van der Waals surface area contributed by atoms with E-state index in [0.29, 0.717) is 6.04 Å². The van der Waals surface area contributed by atoms with Crippen LogP contribution in [0.3, 0.4) is 0 Å². The van der Waals surface area contributed by atoms with Crippen molar-refractivity contribution in [2.75, 3.05) is 7.05 Å². The summed E-state index contributed by atoms with van der Waals surface area (Å²) in [4.78, 5) is 12.2. The Kier molecular flexibility index (Phi) is 2.74. The third-order valence-electron chi connectivity index (χ3n) is 2.40. The van der Waals surface area contributed by atoms with Crippen LogP contribution in [0.25, 0.3) is 0 Å². The Morgan fingerprint density at radius 1 is 1.67 bits per heavy atom. The van der Waals surface area contributed by atoms with Gasteiger partial charge >= 0.3 is 5.97 Å². The molecule has 1 N–H and O–H groups in total. The summed E-state index contributed by atoms with van der Waals surface area (Å²) in [5.74, 6) is -0.113. The molecule has 12 heavy (non-hydrogen) atoms. The number of hydrogen-bond donors (Lipinski definition) is 1. The summed E-state index contributed by atoms with van der Waals surface area (Å²) in [5, 5.41) is 8.38. The van der Waals surface area contributed by atoms with Crippen LogP contribution in [0, 0.1) is 5.92 Å². The van der Waals surface area contributed by atoms with Crippen LogP contribution in [0.4, 0.5) is 0 Å². The third-order valence-corrected chi connectivity index (χ3v) is 2.40. The molecule has 1 atom stereocenters. The molecule has 1 saturated carbocycles. The van der Waals surface area contributed by atoms with Crippen LogP contribution in [0.5, 0.6) is 0 Å². The molecule has 0 spiro atoms. The highest BCUT2D eigenvalue weighted by Crippen LogP contribution is 2.34. The minimum Gasteiger partial charge on any atom is -0.478 e. The highest BCUT2D eigenvalue weighted by atomic mass is 16.4. The van der Waals surface area contributed by atoms with Crippen LogP contribution >= 0.6 is 0 Å². The smallest absolute Gasteiger partial charge is 0.329 e. The van der Waals surface area contributed by atoms with Crippen LogP contribution in [0.15, 0.2) is 12.3 Å². The zero-order chi connectivity index (χ0) is 9.14. The van der Waals surface area contributed by atoms with Gasteiger partial charge < -0.3 is 10.0 Å². The van der Waals surface area contributed by atoms with Gasteiger partial charge in [0.1, 0.15) is 0 Å². The zero-order valence-corrected chi connectivity index (χ0v) is 7.53. The van der Waals surface area contributed by atoms with E-state index in [-0.39, 0.29) is 0 Å². The SMILES string of the molecule is CC(C1CC1)N(C)C=CC(=O)O. The molecule has 0 aromatic heterocycles. The molecule has 1 aliphatic carbocycles. The molecule has 3 heteroatoms. The lowest BCUT2D eigenvalue weighted by molar-refractivity contribution is -0.131. The Hall–Kier alpha value is -0.990. The molecule has 3 nitrogen and oxygen atoms in total. The summed E-state index contributed by atoms with van der Waals surface area (Å²) in [6, 6.07) is 0.473. The van der Waals surface area contributed by atoms with Crippen molar-refractivity contribution in [2.24, 2.45) is 5.92 Å². The van der Waals surface area contributed by atoms with E-state index in [1.165, 1.54) is 18.9 Å². The van der Waals surface area contributed by atoms with Crippen molar-refractivity contribution in [2.45, 2.75) is 25.8 Å². The second-order valence-electron chi connectivity index (χ2n) is 3.40. The first-order valence-corrected chi connectivity index (χ1v) is 4.24. The second-order valence-corrected chi connectivity index (χ2v) is 3.40. The molecule has 0 radical (unpaired) electrons. The largest absolute Gasteiger partial charge is 0.478 e. The van der Waals surface area contributed by atoms with E-state index in [2.05, 4.69) is 6.92 Å². The minimum atomic E-state index is -0.884. The lowest BCUT2D eigenvalue weighted by Crippen LogP contribution is -2.25. The van der Waals surface area contributed by atoms with Crippen molar-refractivity contribution < 1.29 is 9.90 Å². The minimum absolute atomic E-state index is 0.473. The van der Waals surface area contributed by atoms with Gasteiger partial charge in [0.2, 0.25) is 0 Å². The summed E-state index contributed by atoms with van der Waals surface area (Å²) < 4.78 is 0. The molecule has 1 fully saturated rings. The average molecular weight is 169 g/mol. The van der Waals surface area contributed by atoms with Crippen molar-refractivity contribution in [1.82, 2.24) is 4.90 Å². The van der Waals surface area contributed by atoms with Crippen molar-refractivity contribution in [1.29, 1.82) is 0 Å². The van der Waals surface area contributed by atoms with Crippen LogP contribution < -0.4 is 0 Å². The van der Waals surface area contributed by atoms with Gasteiger partial charge in [-0.05, 0) is 25.7 Å². The van der Waals surface area contributed by atoms with E-state index >= 15 is 0 Å². The van der Waals surface area contributed by atoms with Gasteiger partial charge in [0.25, 0.3) is 0 Å². The Labute approximate surface area is 72.7 Å². The average Bonchev–Trinajstić information content (AvgIpc) is 2.80. The molecule has 0 aromatic rings. The lowest BCUT2D eigenvalue weighted by atomic mass is 10.2. The van der Waals surface area contributed by atoms with E-state index in [0.717, 1.165) is 5.92 Å². The molecule has 1 unspecified atom stereocenters. The maximum Gasteiger partial charge on any atom is 0.329 e. The van der Waals surface area contributed by atoms with E-state index in [9.17, 15) is 4.79 Å². The van der Waals surface area contributed by atoms with Gasteiger partial charge in [-0.3, -0.25) is 0 Å². The van der Waals surface area contributed by atoms with Gasteiger partial charge in [-0.2, -0.15) is 0 Å². The number of hydrogen-bond acceptors (Lipinski definition) is 2. The van der Waals surface area contributed by atoms with Gasteiger partial charge in [-0.25, -0.2) is 4.79 Å². The number of aliphatic carboxylic acids is 1. The van der Waals surface area contributed by atoms with Crippen molar-refractivity contribution in [3.8, 4) is 0 Å². The van der Waals surface area contributed by atoms with Crippen molar-refractivity contribution >= 4 is 5.97 Å². The molecule has 0 bridgehead atoms. The van der Waals surface area contributed by atoms with Crippen LogP contribution in [-0.4, -0.2) is 29.1 Å². The van der Waals surface area contributed by atoms with Crippen molar-refractivity contribution in [3.05, 3.63) is 12.3 Å². The first-order chi connectivity index (χ1) is 5.61. The zero-order valence-electron chi connectivity index (χ0n) is 7.53. The highest BCUT2D eigenvalue weighted by molar-refractivity contribution is 5.79. The lowest BCUT2D eigenvalue weighted by Gasteiger charge is -2.22. The molecule has 0 saturated heterocycles. The maximum atomic E-state index is 10.2. The number of carbonyl (C=O) groups is 1. The first-order valence-electron chi connectivity index (χ1n) is 4.24. The standard InChI is InChI=1S/C9H15NO2/c1-7(8-3-4-8)10(2)6-5-9(11)12/h5-8H,3-4H2,1-2H3,(H,11,12). The maximum absolute atomic E-state index is 10.2. The molecular formula is C9H15NO2. The summed E-state index contributed by atoms with van der Waals surface area (Å²) in [7, 11) is 1.92. The van der Waals surface area contributed by atoms with Gasteiger partial charge in [-0.1, -0.05) is 0 Å². The number of rotatable bonds is 4. The molecule has 68 valence electrons. The molecule has 0 heterocycles. The number of nitrogens with zero attached hydrogens (tertiary/aromatic N) is 1. The molecule has 1 aliphatic rings. The van der Waals surface area contributed by atoms with Gasteiger partial charge in [0.05, 0.1) is 0 Å². The quantitative estimate of drug-likeness (QED) is 0.645. The van der Waals surface area contributed by atoms with Gasteiger partial charge in [0, 0.05) is 25.4 Å². The van der Waals surface area contributed by atoms with Crippen LogP contribution in [0.2, 0.25) is 0 Å².